The van der Waals surface area contributed by atoms with Crippen molar-refractivity contribution in [2.75, 3.05) is 33.8 Å². The molecular formula is C14H21FN2O. The zero-order chi connectivity index (χ0) is 13.2. The van der Waals surface area contributed by atoms with Crippen LogP contribution >= 0.6 is 0 Å². The average molecular weight is 252 g/mol. The Morgan fingerprint density at radius 1 is 1.44 bits per heavy atom. The first-order chi connectivity index (χ1) is 8.59. The van der Waals surface area contributed by atoms with Gasteiger partial charge in [0.15, 0.2) is 0 Å². The maximum atomic E-state index is 13.7. The third-order valence-electron chi connectivity index (χ3n) is 3.73. The number of hydrogen-bond donors (Lipinski definition) is 2. The van der Waals surface area contributed by atoms with Crippen molar-refractivity contribution in [1.29, 1.82) is 0 Å². The van der Waals surface area contributed by atoms with Crippen LogP contribution in [-0.2, 0) is 12.0 Å². The molecule has 0 bridgehead atoms. The Kier molecular flexibility index (Phi) is 4.00. The van der Waals surface area contributed by atoms with Gasteiger partial charge in [-0.2, -0.15) is 0 Å². The summed E-state index contributed by atoms with van der Waals surface area (Å²) in [4.78, 5) is 2.08. The highest BCUT2D eigenvalue weighted by Gasteiger charge is 2.38. The minimum absolute atomic E-state index is 0.0108. The van der Waals surface area contributed by atoms with Crippen molar-refractivity contribution >= 4 is 0 Å². The van der Waals surface area contributed by atoms with E-state index in [4.69, 9.17) is 0 Å². The second kappa shape index (κ2) is 5.34. The maximum Gasteiger partial charge on any atom is 0.126 e. The zero-order valence-corrected chi connectivity index (χ0v) is 11.0. The quantitative estimate of drug-likeness (QED) is 0.824. The van der Waals surface area contributed by atoms with E-state index in [0.29, 0.717) is 6.42 Å². The lowest BCUT2D eigenvalue weighted by molar-refractivity contribution is 0.157. The highest BCUT2D eigenvalue weighted by atomic mass is 19.1. The van der Waals surface area contributed by atoms with Gasteiger partial charge in [0.25, 0.3) is 0 Å². The molecule has 0 amide bonds. The normalized spacial score (nSPS) is 22.5. The van der Waals surface area contributed by atoms with Gasteiger partial charge >= 0.3 is 0 Å². The van der Waals surface area contributed by atoms with Crippen molar-refractivity contribution in [2.45, 2.75) is 18.4 Å². The van der Waals surface area contributed by atoms with E-state index in [9.17, 15) is 9.50 Å². The molecule has 1 aromatic rings. The second-order valence-corrected chi connectivity index (χ2v) is 5.24. The summed E-state index contributed by atoms with van der Waals surface area (Å²) in [5.41, 5.74) is 1.21. The topological polar surface area (TPSA) is 35.5 Å². The predicted molar refractivity (Wildman–Crippen MR) is 70.0 cm³/mol. The van der Waals surface area contributed by atoms with Crippen molar-refractivity contribution in [3.05, 3.63) is 35.1 Å². The molecule has 0 spiro atoms. The van der Waals surface area contributed by atoms with E-state index in [2.05, 4.69) is 10.2 Å². The number of aliphatic hydroxyl groups is 1. The van der Waals surface area contributed by atoms with Gasteiger partial charge in [-0.15, -0.1) is 0 Å². The molecule has 4 heteroatoms. The number of nitrogens with one attached hydrogen (secondary N) is 1. The largest absolute Gasteiger partial charge is 0.394 e. The summed E-state index contributed by atoms with van der Waals surface area (Å²) in [6.07, 6.45) is 1.45. The average Bonchev–Trinajstić information content (AvgIpc) is 2.70. The Morgan fingerprint density at radius 2 is 2.22 bits per heavy atom. The summed E-state index contributed by atoms with van der Waals surface area (Å²) < 4.78 is 13.7. The smallest absolute Gasteiger partial charge is 0.126 e. The number of nitrogens with zero attached hydrogens (tertiary/aromatic N) is 1. The van der Waals surface area contributed by atoms with Crippen LogP contribution in [0.25, 0.3) is 0 Å². The first-order valence-corrected chi connectivity index (χ1v) is 6.37. The van der Waals surface area contributed by atoms with Gasteiger partial charge in [-0.1, -0.05) is 12.1 Å². The lowest BCUT2D eigenvalue weighted by atomic mass is 9.92. The molecule has 3 nitrogen and oxygen atoms in total. The first-order valence-electron chi connectivity index (χ1n) is 6.37. The Bertz CT molecular complexity index is 422. The van der Waals surface area contributed by atoms with Gasteiger partial charge in [0.05, 0.1) is 12.1 Å². The summed E-state index contributed by atoms with van der Waals surface area (Å²) in [6.45, 7) is 1.69. The van der Waals surface area contributed by atoms with Crippen LogP contribution in [0.2, 0.25) is 0 Å². The second-order valence-electron chi connectivity index (χ2n) is 5.24. The highest BCUT2D eigenvalue weighted by Crippen LogP contribution is 2.37. The molecule has 1 aliphatic carbocycles. The van der Waals surface area contributed by atoms with Crippen LogP contribution in [0.3, 0.4) is 0 Å². The zero-order valence-electron chi connectivity index (χ0n) is 11.0. The van der Waals surface area contributed by atoms with Crippen LogP contribution in [0.15, 0.2) is 18.2 Å². The molecule has 0 saturated carbocycles. The Balaban J connectivity index is 2.18. The maximum absolute atomic E-state index is 13.7. The van der Waals surface area contributed by atoms with Gasteiger partial charge in [0, 0.05) is 13.1 Å². The molecule has 0 heterocycles. The fraction of sp³-hybridized carbons (Fsp3) is 0.571. The number of fused-ring (bicyclic) bond motifs is 1. The van der Waals surface area contributed by atoms with E-state index < -0.39 is 5.54 Å². The van der Waals surface area contributed by atoms with Gasteiger partial charge in [-0.3, -0.25) is 0 Å². The van der Waals surface area contributed by atoms with Crippen molar-refractivity contribution in [1.82, 2.24) is 10.2 Å². The van der Waals surface area contributed by atoms with Crippen LogP contribution in [0, 0.1) is 5.82 Å². The third kappa shape index (κ3) is 2.41. The molecule has 1 aliphatic rings. The van der Waals surface area contributed by atoms with Crippen LogP contribution in [0.1, 0.15) is 17.5 Å². The van der Waals surface area contributed by atoms with Gasteiger partial charge in [-0.05, 0) is 44.1 Å². The first kappa shape index (κ1) is 13.5. The van der Waals surface area contributed by atoms with E-state index in [1.807, 2.05) is 20.2 Å². The fourth-order valence-corrected chi connectivity index (χ4v) is 2.66. The molecule has 0 fully saturated rings. The Labute approximate surface area is 108 Å². The van der Waals surface area contributed by atoms with Crippen LogP contribution in [-0.4, -0.2) is 43.8 Å². The molecule has 18 heavy (non-hydrogen) atoms. The number of aliphatic hydroxyl groups excluding tert-OH is 1. The molecule has 0 saturated heterocycles. The Hall–Kier alpha value is -0.970. The van der Waals surface area contributed by atoms with Crippen molar-refractivity contribution in [2.24, 2.45) is 0 Å². The molecular weight excluding hydrogens is 231 g/mol. The van der Waals surface area contributed by atoms with E-state index in [1.54, 1.807) is 6.07 Å². The lowest BCUT2D eigenvalue weighted by Crippen LogP contribution is -2.46. The van der Waals surface area contributed by atoms with E-state index in [0.717, 1.165) is 30.6 Å². The molecule has 1 atom stereocenters. The van der Waals surface area contributed by atoms with Crippen molar-refractivity contribution in [3.63, 3.8) is 0 Å². The molecule has 0 aromatic heterocycles. The summed E-state index contributed by atoms with van der Waals surface area (Å²) in [5.74, 6) is -0.155. The molecule has 1 aromatic carbocycles. The van der Waals surface area contributed by atoms with Gasteiger partial charge in [-0.25, -0.2) is 4.39 Å². The number of likely N-dealkylation sites (N-methyl/N-ethyl adjacent to an activating group) is 1. The van der Waals surface area contributed by atoms with Crippen LogP contribution < -0.4 is 5.32 Å². The summed E-state index contributed by atoms with van der Waals surface area (Å²) in [5, 5.41) is 13.1. The van der Waals surface area contributed by atoms with Crippen LogP contribution in [0.5, 0.6) is 0 Å². The Morgan fingerprint density at radius 3 is 2.89 bits per heavy atom. The minimum atomic E-state index is -0.465. The SMILES string of the molecule is CN(C)CCNC1(CO)CCc2c(F)cccc21. The molecule has 2 N–H and O–H groups in total. The molecule has 100 valence electrons. The van der Waals surface area contributed by atoms with Gasteiger partial charge in [0.2, 0.25) is 0 Å². The van der Waals surface area contributed by atoms with Gasteiger partial charge in [0.1, 0.15) is 5.82 Å². The summed E-state index contributed by atoms with van der Waals surface area (Å²) in [6, 6.07) is 5.13. The number of hydrogen-bond acceptors (Lipinski definition) is 3. The van der Waals surface area contributed by atoms with Crippen molar-refractivity contribution < 1.29 is 9.50 Å². The van der Waals surface area contributed by atoms with Gasteiger partial charge < -0.3 is 15.3 Å². The summed E-state index contributed by atoms with van der Waals surface area (Å²) in [7, 11) is 4.02. The highest BCUT2D eigenvalue weighted by molar-refractivity contribution is 5.39. The monoisotopic (exact) mass is 252 g/mol. The minimum Gasteiger partial charge on any atom is -0.394 e. The van der Waals surface area contributed by atoms with E-state index >= 15 is 0 Å². The third-order valence-corrected chi connectivity index (χ3v) is 3.73. The lowest BCUT2D eigenvalue weighted by Gasteiger charge is -2.30. The standard InChI is InChI=1S/C14H21FN2O/c1-17(2)9-8-16-14(10-18)7-6-11-12(14)4-3-5-13(11)15/h3-5,16,18H,6-10H2,1-2H3. The number of rotatable bonds is 5. The van der Waals surface area contributed by atoms with Crippen LogP contribution in [0.4, 0.5) is 4.39 Å². The van der Waals surface area contributed by atoms with E-state index in [1.165, 1.54) is 6.07 Å². The molecule has 1 unspecified atom stereocenters. The predicted octanol–water partition coefficient (Wildman–Crippen LogP) is 1.11. The number of halogens is 1. The van der Waals surface area contributed by atoms with E-state index in [-0.39, 0.29) is 12.4 Å². The molecule has 0 radical (unpaired) electrons. The molecule has 0 aliphatic heterocycles. The van der Waals surface area contributed by atoms with Crippen molar-refractivity contribution in [3.8, 4) is 0 Å². The number of benzene rings is 1. The molecule has 2 rings (SSSR count). The fourth-order valence-electron chi connectivity index (χ4n) is 2.66. The summed E-state index contributed by atoms with van der Waals surface area (Å²) >= 11 is 0.